The van der Waals surface area contributed by atoms with Crippen LogP contribution in [0.1, 0.15) is 31.2 Å². The Morgan fingerprint density at radius 1 is 1.28 bits per heavy atom. The molecule has 2 atom stereocenters. The van der Waals surface area contributed by atoms with Crippen LogP contribution in [0.3, 0.4) is 0 Å². The van der Waals surface area contributed by atoms with Crippen LogP contribution in [0.15, 0.2) is 24.3 Å². The fraction of sp³-hybridized carbons (Fsp3) is 0.571. The van der Waals surface area contributed by atoms with E-state index >= 15 is 0 Å². The van der Waals surface area contributed by atoms with Crippen LogP contribution in [0.2, 0.25) is 5.02 Å². The quantitative estimate of drug-likeness (QED) is 0.853. The summed E-state index contributed by atoms with van der Waals surface area (Å²) in [6.07, 6.45) is 5.06. The second-order valence-electron chi connectivity index (χ2n) is 4.98. The second kappa shape index (κ2) is 5.79. The van der Waals surface area contributed by atoms with Crippen LogP contribution in [0.5, 0.6) is 0 Å². The van der Waals surface area contributed by atoms with Gasteiger partial charge in [-0.2, -0.15) is 0 Å². The fourth-order valence-electron chi connectivity index (χ4n) is 3.27. The monoisotopic (exact) mass is 287 g/mol. The number of benzene rings is 1. The lowest BCUT2D eigenvalue weighted by atomic mass is 9.73. The third-order valence-electron chi connectivity index (χ3n) is 4.05. The molecule has 4 heteroatoms. The Bertz CT molecular complexity index is 399. The van der Waals surface area contributed by atoms with Crippen LogP contribution in [-0.2, 0) is 10.3 Å². The van der Waals surface area contributed by atoms with E-state index < -0.39 is 0 Å². The van der Waals surface area contributed by atoms with Crippen molar-refractivity contribution in [1.29, 1.82) is 0 Å². The maximum Gasteiger partial charge on any atom is 0.0799 e. The number of halogens is 2. The van der Waals surface area contributed by atoms with Gasteiger partial charge in [0.2, 0.25) is 0 Å². The van der Waals surface area contributed by atoms with Crippen LogP contribution >= 0.6 is 24.0 Å². The molecule has 0 unspecified atom stereocenters. The standard InChI is InChI=1S/C14H18ClNO.ClH/c15-12-6-2-1-5-11(12)14-8-4-3-7-13(14)17-10-9-16-14;/h1-2,5-6,13,16H,3-4,7-10H2;1H/t13-,14-;/m0./s1. The zero-order valence-electron chi connectivity index (χ0n) is 10.3. The molecule has 3 rings (SSSR count). The Labute approximate surface area is 119 Å². The highest BCUT2D eigenvalue weighted by Crippen LogP contribution is 2.42. The number of hydrogen-bond donors (Lipinski definition) is 1. The van der Waals surface area contributed by atoms with Gasteiger partial charge in [0.25, 0.3) is 0 Å². The fourth-order valence-corrected chi connectivity index (χ4v) is 3.57. The first-order valence-corrected chi connectivity index (χ1v) is 6.82. The van der Waals surface area contributed by atoms with Gasteiger partial charge in [0.05, 0.1) is 18.2 Å². The van der Waals surface area contributed by atoms with Crippen molar-refractivity contribution in [3.63, 3.8) is 0 Å². The zero-order chi connectivity index (χ0) is 11.7. The van der Waals surface area contributed by atoms with Gasteiger partial charge in [-0.3, -0.25) is 0 Å². The Morgan fingerprint density at radius 3 is 2.94 bits per heavy atom. The molecule has 0 bridgehead atoms. The molecular formula is C14H19Cl2NO. The summed E-state index contributed by atoms with van der Waals surface area (Å²) in [7, 11) is 0. The lowest BCUT2D eigenvalue weighted by Crippen LogP contribution is -2.59. The largest absolute Gasteiger partial charge is 0.375 e. The number of fused-ring (bicyclic) bond motifs is 1. The first kappa shape index (κ1) is 14.1. The average Bonchev–Trinajstić information content (AvgIpc) is 2.39. The summed E-state index contributed by atoms with van der Waals surface area (Å²) >= 11 is 6.38. The summed E-state index contributed by atoms with van der Waals surface area (Å²) in [6.45, 7) is 1.73. The normalized spacial score (nSPS) is 31.3. The number of rotatable bonds is 1. The lowest BCUT2D eigenvalue weighted by molar-refractivity contribution is -0.0756. The van der Waals surface area contributed by atoms with Crippen molar-refractivity contribution in [2.45, 2.75) is 37.3 Å². The smallest absolute Gasteiger partial charge is 0.0799 e. The topological polar surface area (TPSA) is 21.3 Å². The molecule has 0 aromatic heterocycles. The molecule has 100 valence electrons. The van der Waals surface area contributed by atoms with E-state index in [0.717, 1.165) is 31.0 Å². The van der Waals surface area contributed by atoms with E-state index in [0.29, 0.717) is 0 Å². The molecule has 1 heterocycles. The van der Waals surface area contributed by atoms with E-state index in [-0.39, 0.29) is 24.0 Å². The molecular weight excluding hydrogens is 269 g/mol. The van der Waals surface area contributed by atoms with E-state index in [1.807, 2.05) is 12.1 Å². The van der Waals surface area contributed by atoms with Crippen LogP contribution in [-0.4, -0.2) is 19.3 Å². The maximum absolute atomic E-state index is 6.38. The summed E-state index contributed by atoms with van der Waals surface area (Å²) in [5.74, 6) is 0. The van der Waals surface area contributed by atoms with Gasteiger partial charge >= 0.3 is 0 Å². The summed E-state index contributed by atoms with van der Waals surface area (Å²) in [4.78, 5) is 0. The third-order valence-corrected chi connectivity index (χ3v) is 4.38. The minimum absolute atomic E-state index is 0. The average molecular weight is 288 g/mol. The van der Waals surface area contributed by atoms with Crippen molar-refractivity contribution in [3.8, 4) is 0 Å². The van der Waals surface area contributed by atoms with Crippen molar-refractivity contribution in [1.82, 2.24) is 5.32 Å². The van der Waals surface area contributed by atoms with Gasteiger partial charge < -0.3 is 10.1 Å². The van der Waals surface area contributed by atoms with Gasteiger partial charge in [0, 0.05) is 11.6 Å². The number of morpholine rings is 1. The summed E-state index contributed by atoms with van der Waals surface area (Å²) in [5, 5.41) is 4.54. The van der Waals surface area contributed by atoms with Crippen molar-refractivity contribution in [3.05, 3.63) is 34.9 Å². The molecule has 2 fully saturated rings. The van der Waals surface area contributed by atoms with Gasteiger partial charge in [0.1, 0.15) is 0 Å². The molecule has 1 aliphatic heterocycles. The second-order valence-corrected chi connectivity index (χ2v) is 5.39. The first-order valence-electron chi connectivity index (χ1n) is 6.44. The summed E-state index contributed by atoms with van der Waals surface area (Å²) < 4.78 is 5.97. The molecule has 1 aliphatic carbocycles. The van der Waals surface area contributed by atoms with Crippen molar-refractivity contribution >= 4 is 24.0 Å². The minimum Gasteiger partial charge on any atom is -0.375 e. The molecule has 0 amide bonds. The van der Waals surface area contributed by atoms with Crippen LogP contribution in [0.25, 0.3) is 0 Å². The highest BCUT2D eigenvalue weighted by molar-refractivity contribution is 6.31. The van der Waals surface area contributed by atoms with Crippen molar-refractivity contribution in [2.75, 3.05) is 13.2 Å². The van der Waals surface area contributed by atoms with Gasteiger partial charge in [-0.05, 0) is 24.5 Å². The highest BCUT2D eigenvalue weighted by Gasteiger charge is 2.45. The van der Waals surface area contributed by atoms with Crippen molar-refractivity contribution < 1.29 is 4.74 Å². The summed E-state index contributed by atoms with van der Waals surface area (Å²) in [5.41, 5.74) is 1.17. The molecule has 1 N–H and O–H groups in total. The highest BCUT2D eigenvalue weighted by atomic mass is 35.5. The zero-order valence-corrected chi connectivity index (χ0v) is 11.9. The predicted molar refractivity (Wildman–Crippen MR) is 76.6 cm³/mol. The molecule has 1 saturated heterocycles. The predicted octanol–water partition coefficient (Wildman–Crippen LogP) is 3.52. The molecule has 0 radical (unpaired) electrons. The summed E-state index contributed by atoms with van der Waals surface area (Å²) in [6, 6.07) is 8.18. The van der Waals surface area contributed by atoms with Crippen LogP contribution in [0, 0.1) is 0 Å². The Kier molecular flexibility index (Phi) is 4.54. The molecule has 2 aliphatic rings. The van der Waals surface area contributed by atoms with E-state index in [4.69, 9.17) is 16.3 Å². The van der Waals surface area contributed by atoms with Gasteiger partial charge in [-0.1, -0.05) is 42.6 Å². The Morgan fingerprint density at radius 2 is 2.11 bits per heavy atom. The van der Waals surface area contributed by atoms with Crippen LogP contribution in [0.4, 0.5) is 0 Å². The number of nitrogens with one attached hydrogen (secondary N) is 1. The van der Waals surface area contributed by atoms with E-state index in [9.17, 15) is 0 Å². The first-order chi connectivity index (χ1) is 8.33. The van der Waals surface area contributed by atoms with Gasteiger partial charge in [0.15, 0.2) is 0 Å². The molecule has 18 heavy (non-hydrogen) atoms. The van der Waals surface area contributed by atoms with Crippen molar-refractivity contribution in [2.24, 2.45) is 0 Å². The van der Waals surface area contributed by atoms with Gasteiger partial charge in [-0.15, -0.1) is 12.4 Å². The molecule has 2 nitrogen and oxygen atoms in total. The van der Waals surface area contributed by atoms with Crippen LogP contribution < -0.4 is 5.32 Å². The molecule has 1 saturated carbocycles. The SMILES string of the molecule is Cl.Clc1ccccc1[C@@]12CCCC[C@@H]1OCCN2. The Balaban J connectivity index is 0.00000120. The van der Waals surface area contributed by atoms with E-state index in [1.54, 1.807) is 0 Å². The minimum atomic E-state index is -0.0468. The Hall–Kier alpha value is -0.280. The molecule has 0 spiro atoms. The maximum atomic E-state index is 6.38. The van der Waals surface area contributed by atoms with E-state index in [1.165, 1.54) is 18.4 Å². The molecule has 1 aromatic rings. The number of hydrogen-bond acceptors (Lipinski definition) is 2. The lowest BCUT2D eigenvalue weighted by Gasteiger charge is -2.48. The molecule has 1 aromatic carbocycles. The number of ether oxygens (including phenoxy) is 1. The third kappa shape index (κ3) is 2.27. The van der Waals surface area contributed by atoms with Gasteiger partial charge in [-0.25, -0.2) is 0 Å². The van der Waals surface area contributed by atoms with E-state index in [2.05, 4.69) is 17.4 Å².